The first-order chi connectivity index (χ1) is 5.46. The Balaban J connectivity index is 2.77. The number of alkyl halides is 3. The third kappa shape index (κ3) is 1.61. The molecular weight excluding hydrogens is 171 g/mol. The number of hydrogen-bond donors (Lipinski definition) is 0. The Hall–Kier alpha value is -0.550. The molecule has 1 fully saturated rings. The molecule has 0 bridgehead atoms. The molecule has 2 unspecified atom stereocenters. The van der Waals surface area contributed by atoms with Gasteiger partial charge in [0.1, 0.15) is 6.23 Å². The lowest BCUT2D eigenvalue weighted by Crippen LogP contribution is -2.45. The van der Waals surface area contributed by atoms with Gasteiger partial charge in [0, 0.05) is 0 Å². The molecule has 0 aromatic heterocycles. The largest absolute Gasteiger partial charge is 0.462 e. The van der Waals surface area contributed by atoms with Crippen LogP contribution in [0.15, 0.2) is 12.7 Å². The molecule has 1 aliphatic rings. The predicted octanol–water partition coefficient (Wildman–Crippen LogP) is 1.74. The van der Waals surface area contributed by atoms with Crippen LogP contribution in [0.2, 0.25) is 0 Å². The summed E-state index contributed by atoms with van der Waals surface area (Å²) in [6.07, 6.45) is -4.00. The Kier molecular flexibility index (Phi) is 2.44. The predicted molar refractivity (Wildman–Crippen MR) is 37.3 cm³/mol. The Bertz CT molecular complexity index is 180. The highest BCUT2D eigenvalue weighted by molar-refractivity contribution is 4.93. The molecule has 0 amide bonds. The van der Waals surface area contributed by atoms with Gasteiger partial charge in [0.05, 0.1) is 12.6 Å². The summed E-state index contributed by atoms with van der Waals surface area (Å²) < 4.78 is 41.6. The molecule has 1 saturated heterocycles. The lowest BCUT2D eigenvalue weighted by atomic mass is 10.3. The molecular formula is C7H10F3NO. The first-order valence-electron chi connectivity index (χ1n) is 3.56. The quantitative estimate of drug-likeness (QED) is 0.451. The van der Waals surface area contributed by atoms with Crippen LogP contribution < -0.4 is 0 Å². The van der Waals surface area contributed by atoms with E-state index < -0.39 is 18.6 Å². The van der Waals surface area contributed by atoms with Crippen LogP contribution in [-0.2, 0) is 4.74 Å². The minimum Gasteiger partial charge on any atom is -0.361 e. The Morgan fingerprint density at radius 1 is 1.58 bits per heavy atom. The Morgan fingerprint density at radius 3 is 2.50 bits per heavy atom. The standard InChI is InChI=1S/C7H10F3NO/c1-3-6-4-12-5(2)11(6)7(8,9)10/h3,5-6H,1,4H2,2H3. The average Bonchev–Trinajstić information content (AvgIpc) is 2.29. The third-order valence-electron chi connectivity index (χ3n) is 1.82. The van der Waals surface area contributed by atoms with Crippen molar-refractivity contribution in [1.82, 2.24) is 4.90 Å². The number of ether oxygens (including phenoxy) is 1. The van der Waals surface area contributed by atoms with Crippen molar-refractivity contribution in [2.24, 2.45) is 0 Å². The van der Waals surface area contributed by atoms with Gasteiger partial charge < -0.3 is 4.74 Å². The molecule has 12 heavy (non-hydrogen) atoms. The summed E-state index contributed by atoms with van der Waals surface area (Å²) in [5.41, 5.74) is 0. The molecule has 2 nitrogen and oxygen atoms in total. The van der Waals surface area contributed by atoms with Gasteiger partial charge in [0.15, 0.2) is 0 Å². The monoisotopic (exact) mass is 181 g/mol. The van der Waals surface area contributed by atoms with Gasteiger partial charge in [0.2, 0.25) is 0 Å². The maximum absolute atomic E-state index is 12.2. The fourth-order valence-electron chi connectivity index (χ4n) is 1.24. The lowest BCUT2D eigenvalue weighted by Gasteiger charge is -2.25. The van der Waals surface area contributed by atoms with E-state index in [1.165, 1.54) is 13.0 Å². The Labute approximate surface area is 68.6 Å². The molecule has 0 aliphatic carbocycles. The molecule has 0 radical (unpaired) electrons. The number of nitrogens with zero attached hydrogens (tertiary/aromatic N) is 1. The van der Waals surface area contributed by atoms with Crippen molar-refractivity contribution in [2.75, 3.05) is 6.61 Å². The first-order valence-corrected chi connectivity index (χ1v) is 3.56. The van der Waals surface area contributed by atoms with Gasteiger partial charge in [-0.3, -0.25) is 0 Å². The van der Waals surface area contributed by atoms with Crippen molar-refractivity contribution in [3.8, 4) is 0 Å². The van der Waals surface area contributed by atoms with E-state index in [-0.39, 0.29) is 6.61 Å². The van der Waals surface area contributed by atoms with Gasteiger partial charge in [-0.25, -0.2) is 0 Å². The van der Waals surface area contributed by atoms with E-state index in [4.69, 9.17) is 4.74 Å². The Morgan fingerprint density at radius 2 is 2.17 bits per heavy atom. The second kappa shape index (κ2) is 3.06. The number of hydrogen-bond acceptors (Lipinski definition) is 2. The molecule has 0 saturated carbocycles. The third-order valence-corrected chi connectivity index (χ3v) is 1.82. The minimum absolute atomic E-state index is 0.0597. The van der Waals surface area contributed by atoms with Crippen molar-refractivity contribution in [2.45, 2.75) is 25.5 Å². The lowest BCUT2D eigenvalue weighted by molar-refractivity contribution is -0.268. The van der Waals surface area contributed by atoms with Crippen LogP contribution in [0.3, 0.4) is 0 Å². The van der Waals surface area contributed by atoms with Crippen molar-refractivity contribution < 1.29 is 17.9 Å². The molecule has 0 spiro atoms. The van der Waals surface area contributed by atoms with Crippen molar-refractivity contribution in [3.05, 3.63) is 12.7 Å². The van der Waals surface area contributed by atoms with Crippen LogP contribution in [0.1, 0.15) is 6.92 Å². The molecule has 1 aliphatic heterocycles. The molecule has 0 N–H and O–H groups in total. The topological polar surface area (TPSA) is 12.5 Å². The second-order valence-corrected chi connectivity index (χ2v) is 2.61. The summed E-state index contributed by atoms with van der Waals surface area (Å²) in [4.78, 5) is 0.347. The van der Waals surface area contributed by atoms with E-state index in [9.17, 15) is 13.2 Å². The van der Waals surface area contributed by atoms with Crippen LogP contribution in [0.5, 0.6) is 0 Å². The SMILES string of the molecule is C=CC1COC(C)N1C(F)(F)F. The molecule has 0 aromatic carbocycles. The molecule has 5 heteroatoms. The summed E-state index contributed by atoms with van der Waals surface area (Å²) in [5, 5.41) is 0. The molecule has 0 aromatic rings. The van der Waals surface area contributed by atoms with E-state index >= 15 is 0 Å². The van der Waals surface area contributed by atoms with E-state index in [1.807, 2.05) is 0 Å². The summed E-state index contributed by atoms with van der Waals surface area (Å²) in [6.45, 7) is 4.75. The summed E-state index contributed by atoms with van der Waals surface area (Å²) in [7, 11) is 0. The molecule has 1 heterocycles. The van der Waals surface area contributed by atoms with Crippen LogP contribution in [0.4, 0.5) is 13.2 Å². The maximum Gasteiger partial charge on any atom is 0.462 e. The van der Waals surface area contributed by atoms with E-state index in [0.29, 0.717) is 4.90 Å². The molecule has 2 atom stereocenters. The van der Waals surface area contributed by atoms with E-state index in [0.717, 1.165) is 0 Å². The minimum atomic E-state index is -4.34. The summed E-state index contributed by atoms with van der Waals surface area (Å²) in [5.74, 6) is 0. The van der Waals surface area contributed by atoms with Crippen LogP contribution in [0, 0.1) is 0 Å². The fraction of sp³-hybridized carbons (Fsp3) is 0.714. The van der Waals surface area contributed by atoms with Crippen molar-refractivity contribution >= 4 is 0 Å². The second-order valence-electron chi connectivity index (χ2n) is 2.61. The number of rotatable bonds is 1. The number of halogens is 3. The van der Waals surface area contributed by atoms with E-state index in [1.54, 1.807) is 0 Å². The highest BCUT2D eigenvalue weighted by Gasteiger charge is 2.47. The van der Waals surface area contributed by atoms with E-state index in [2.05, 4.69) is 6.58 Å². The average molecular weight is 181 g/mol. The zero-order valence-corrected chi connectivity index (χ0v) is 6.64. The first kappa shape index (κ1) is 9.54. The highest BCUT2D eigenvalue weighted by Crippen LogP contribution is 2.31. The fourth-order valence-corrected chi connectivity index (χ4v) is 1.24. The molecule has 70 valence electrons. The van der Waals surface area contributed by atoms with Gasteiger partial charge in [0.25, 0.3) is 0 Å². The van der Waals surface area contributed by atoms with Gasteiger partial charge in [-0.05, 0) is 6.92 Å². The zero-order chi connectivity index (χ0) is 9.35. The van der Waals surface area contributed by atoms with Crippen LogP contribution >= 0.6 is 0 Å². The van der Waals surface area contributed by atoms with Gasteiger partial charge in [-0.2, -0.15) is 18.1 Å². The zero-order valence-electron chi connectivity index (χ0n) is 6.64. The van der Waals surface area contributed by atoms with Gasteiger partial charge in [-0.15, -0.1) is 6.58 Å². The maximum atomic E-state index is 12.2. The normalized spacial score (nSPS) is 32.3. The molecule has 1 rings (SSSR count). The smallest absolute Gasteiger partial charge is 0.361 e. The highest BCUT2D eigenvalue weighted by atomic mass is 19.4. The van der Waals surface area contributed by atoms with Crippen LogP contribution in [-0.4, -0.2) is 30.1 Å². The summed E-state index contributed by atoms with van der Waals surface area (Å²) in [6, 6.07) is -0.750. The van der Waals surface area contributed by atoms with Gasteiger partial charge >= 0.3 is 6.30 Å². The van der Waals surface area contributed by atoms with Gasteiger partial charge in [-0.1, -0.05) is 6.08 Å². The van der Waals surface area contributed by atoms with Crippen LogP contribution in [0.25, 0.3) is 0 Å². The van der Waals surface area contributed by atoms with Crippen molar-refractivity contribution in [3.63, 3.8) is 0 Å². The summed E-state index contributed by atoms with van der Waals surface area (Å²) >= 11 is 0. The van der Waals surface area contributed by atoms with Crippen molar-refractivity contribution in [1.29, 1.82) is 0 Å².